The highest BCUT2D eigenvalue weighted by Gasteiger charge is 2.30. The topological polar surface area (TPSA) is 24.1 Å². The number of halogens is 3. The Morgan fingerprint density at radius 2 is 2.07 bits per heavy atom. The van der Waals surface area contributed by atoms with Crippen molar-refractivity contribution in [1.82, 2.24) is 10.6 Å². The van der Waals surface area contributed by atoms with Gasteiger partial charge in [0.15, 0.2) is 0 Å². The monoisotopic (exact) mass is 224 g/mol. The summed E-state index contributed by atoms with van der Waals surface area (Å²) in [4.78, 5) is 0. The summed E-state index contributed by atoms with van der Waals surface area (Å²) in [5, 5.41) is 5.74. The van der Waals surface area contributed by atoms with Crippen LogP contribution in [0.5, 0.6) is 0 Å². The molecule has 1 unspecified atom stereocenters. The summed E-state index contributed by atoms with van der Waals surface area (Å²) in [5.74, 6) is 0. The average Bonchev–Trinajstić information content (AvgIpc) is 2.38. The second-order valence-corrected chi connectivity index (χ2v) is 5.03. The highest BCUT2D eigenvalue weighted by Crippen LogP contribution is 2.28. The zero-order chi connectivity index (χ0) is 11.5. The highest BCUT2D eigenvalue weighted by atomic mass is 19.4. The van der Waals surface area contributed by atoms with Crippen LogP contribution in [0.4, 0.5) is 13.2 Å². The van der Waals surface area contributed by atoms with E-state index in [1.165, 1.54) is 0 Å². The van der Waals surface area contributed by atoms with Gasteiger partial charge in [0, 0.05) is 12.6 Å². The Morgan fingerprint density at radius 3 is 2.53 bits per heavy atom. The smallest absolute Gasteiger partial charge is 0.313 e. The molecule has 90 valence electrons. The number of hydrogen-bond donors (Lipinski definition) is 2. The summed E-state index contributed by atoms with van der Waals surface area (Å²) >= 11 is 0. The molecule has 1 heterocycles. The predicted octanol–water partition coefficient (Wildman–Crippen LogP) is 1.92. The van der Waals surface area contributed by atoms with Crippen LogP contribution >= 0.6 is 0 Å². The first-order chi connectivity index (χ1) is 6.79. The molecule has 0 bridgehead atoms. The van der Waals surface area contributed by atoms with Gasteiger partial charge in [0.25, 0.3) is 0 Å². The van der Waals surface area contributed by atoms with E-state index in [0.717, 1.165) is 19.4 Å². The van der Waals surface area contributed by atoms with Crippen molar-refractivity contribution in [1.29, 1.82) is 0 Å². The highest BCUT2D eigenvalue weighted by molar-refractivity contribution is 4.87. The van der Waals surface area contributed by atoms with Crippen molar-refractivity contribution in [3.63, 3.8) is 0 Å². The lowest BCUT2D eigenvalue weighted by molar-refractivity contribution is -0.124. The Labute approximate surface area is 88.6 Å². The summed E-state index contributed by atoms with van der Waals surface area (Å²) in [7, 11) is 0. The fourth-order valence-electron chi connectivity index (χ4n) is 1.94. The van der Waals surface area contributed by atoms with Crippen molar-refractivity contribution in [2.24, 2.45) is 5.41 Å². The number of alkyl halides is 3. The zero-order valence-electron chi connectivity index (χ0n) is 9.25. The minimum atomic E-state index is -4.09. The summed E-state index contributed by atoms with van der Waals surface area (Å²) in [5.41, 5.74) is 0.286. The Morgan fingerprint density at radius 1 is 1.40 bits per heavy atom. The first kappa shape index (κ1) is 12.8. The van der Waals surface area contributed by atoms with Crippen molar-refractivity contribution in [2.45, 2.75) is 38.9 Å². The van der Waals surface area contributed by atoms with Gasteiger partial charge in [-0.25, -0.2) is 0 Å². The van der Waals surface area contributed by atoms with Crippen LogP contribution in [0.2, 0.25) is 0 Å². The van der Waals surface area contributed by atoms with Crippen LogP contribution in [0.3, 0.4) is 0 Å². The molecule has 1 rings (SSSR count). The van der Waals surface area contributed by atoms with Gasteiger partial charge < -0.3 is 10.6 Å². The molecule has 0 amide bonds. The Balaban J connectivity index is 2.07. The van der Waals surface area contributed by atoms with E-state index in [9.17, 15) is 13.2 Å². The van der Waals surface area contributed by atoms with Gasteiger partial charge in [-0.2, -0.15) is 13.2 Å². The van der Waals surface area contributed by atoms with E-state index in [-0.39, 0.29) is 5.41 Å². The molecule has 0 radical (unpaired) electrons. The second kappa shape index (κ2) is 4.70. The molecule has 1 aliphatic heterocycles. The SMILES string of the molecule is CC1(C)CNC(CCNCC(F)(F)F)C1. The van der Waals surface area contributed by atoms with Gasteiger partial charge in [-0.05, 0) is 24.8 Å². The lowest BCUT2D eigenvalue weighted by atomic mass is 9.90. The minimum Gasteiger partial charge on any atom is -0.313 e. The van der Waals surface area contributed by atoms with E-state index >= 15 is 0 Å². The molecule has 2 nitrogen and oxygen atoms in total. The Bertz CT molecular complexity index is 201. The normalized spacial score (nSPS) is 25.8. The number of nitrogens with one attached hydrogen (secondary N) is 2. The van der Waals surface area contributed by atoms with Crippen molar-refractivity contribution in [3.8, 4) is 0 Å². The molecule has 0 saturated carbocycles. The summed E-state index contributed by atoms with van der Waals surface area (Å²) in [6, 6.07) is 0.362. The van der Waals surface area contributed by atoms with E-state index in [2.05, 4.69) is 24.5 Å². The molecule has 0 aromatic rings. The summed E-state index contributed by atoms with van der Waals surface area (Å²) < 4.78 is 35.4. The summed E-state index contributed by atoms with van der Waals surface area (Å²) in [6.07, 6.45) is -2.29. The van der Waals surface area contributed by atoms with Gasteiger partial charge in [-0.3, -0.25) is 0 Å². The zero-order valence-corrected chi connectivity index (χ0v) is 9.25. The second-order valence-electron chi connectivity index (χ2n) is 5.03. The molecular formula is C10H19F3N2. The minimum absolute atomic E-state index is 0.286. The van der Waals surface area contributed by atoms with E-state index in [4.69, 9.17) is 0 Å². The molecule has 1 fully saturated rings. The van der Waals surface area contributed by atoms with Crippen molar-refractivity contribution >= 4 is 0 Å². The quantitative estimate of drug-likeness (QED) is 0.713. The van der Waals surface area contributed by atoms with Crippen LogP contribution in [0.1, 0.15) is 26.7 Å². The fraction of sp³-hybridized carbons (Fsp3) is 1.00. The van der Waals surface area contributed by atoms with Gasteiger partial charge in [0.05, 0.1) is 6.54 Å². The third kappa shape index (κ3) is 5.37. The maximum Gasteiger partial charge on any atom is 0.401 e. The van der Waals surface area contributed by atoms with E-state index in [1.54, 1.807) is 0 Å². The Kier molecular flexibility index (Phi) is 4.00. The molecular weight excluding hydrogens is 205 g/mol. The maximum atomic E-state index is 11.8. The third-order valence-corrected chi connectivity index (χ3v) is 2.66. The average molecular weight is 224 g/mol. The van der Waals surface area contributed by atoms with Crippen molar-refractivity contribution < 1.29 is 13.2 Å². The molecule has 15 heavy (non-hydrogen) atoms. The van der Waals surface area contributed by atoms with Crippen LogP contribution in [-0.2, 0) is 0 Å². The van der Waals surface area contributed by atoms with Gasteiger partial charge in [-0.15, -0.1) is 0 Å². The molecule has 0 aromatic carbocycles. The first-order valence-electron chi connectivity index (χ1n) is 5.29. The fourth-order valence-corrected chi connectivity index (χ4v) is 1.94. The molecule has 0 aromatic heterocycles. The van der Waals surface area contributed by atoms with Crippen LogP contribution in [0.15, 0.2) is 0 Å². The van der Waals surface area contributed by atoms with Crippen molar-refractivity contribution in [2.75, 3.05) is 19.6 Å². The summed E-state index contributed by atoms with van der Waals surface area (Å²) in [6.45, 7) is 4.83. The van der Waals surface area contributed by atoms with Crippen LogP contribution in [-0.4, -0.2) is 31.9 Å². The molecule has 5 heteroatoms. The standard InChI is InChI=1S/C10H19F3N2/c1-9(2)5-8(15-6-9)3-4-14-7-10(11,12)13/h8,14-15H,3-7H2,1-2H3. The Hall–Kier alpha value is -0.290. The third-order valence-electron chi connectivity index (χ3n) is 2.66. The number of hydrogen-bond acceptors (Lipinski definition) is 2. The van der Waals surface area contributed by atoms with E-state index in [0.29, 0.717) is 12.6 Å². The maximum absolute atomic E-state index is 11.8. The van der Waals surface area contributed by atoms with Crippen molar-refractivity contribution in [3.05, 3.63) is 0 Å². The lowest BCUT2D eigenvalue weighted by Crippen LogP contribution is -2.32. The number of rotatable bonds is 4. The largest absolute Gasteiger partial charge is 0.401 e. The molecule has 1 atom stereocenters. The van der Waals surface area contributed by atoms with Gasteiger partial charge in [0.1, 0.15) is 0 Å². The van der Waals surface area contributed by atoms with E-state index in [1.807, 2.05) is 0 Å². The van der Waals surface area contributed by atoms with Gasteiger partial charge >= 0.3 is 6.18 Å². The van der Waals surface area contributed by atoms with E-state index < -0.39 is 12.7 Å². The van der Waals surface area contributed by atoms with Crippen LogP contribution in [0.25, 0.3) is 0 Å². The van der Waals surface area contributed by atoms with Crippen LogP contribution in [0, 0.1) is 5.41 Å². The molecule has 1 saturated heterocycles. The molecule has 1 aliphatic rings. The first-order valence-corrected chi connectivity index (χ1v) is 5.29. The molecule has 0 aliphatic carbocycles. The van der Waals surface area contributed by atoms with Crippen LogP contribution < -0.4 is 10.6 Å². The lowest BCUT2D eigenvalue weighted by Gasteiger charge is -2.15. The van der Waals surface area contributed by atoms with Gasteiger partial charge in [0.2, 0.25) is 0 Å². The van der Waals surface area contributed by atoms with Gasteiger partial charge in [-0.1, -0.05) is 13.8 Å². The predicted molar refractivity (Wildman–Crippen MR) is 53.7 cm³/mol. The molecule has 0 spiro atoms. The molecule has 2 N–H and O–H groups in total.